The second kappa shape index (κ2) is 17.7. The Bertz CT molecular complexity index is 2690. The van der Waals surface area contributed by atoms with E-state index in [1.54, 1.807) is 12.1 Å². The maximum atomic E-state index is 14.6. The van der Waals surface area contributed by atoms with Gasteiger partial charge in [-0.2, -0.15) is 0 Å². The Morgan fingerprint density at radius 1 is 1.00 bits per heavy atom. The molecule has 2 saturated carbocycles. The van der Waals surface area contributed by atoms with E-state index in [-0.39, 0.29) is 39.0 Å². The van der Waals surface area contributed by atoms with E-state index in [4.69, 9.17) is 4.74 Å². The minimum Gasteiger partial charge on any atom is -0.455 e. The first-order chi connectivity index (χ1) is 31.1. The van der Waals surface area contributed by atoms with Crippen LogP contribution in [-0.4, -0.2) is 72.9 Å². The molecule has 5 aromatic rings. The lowest BCUT2D eigenvalue weighted by molar-refractivity contribution is -0.384. The number of aromatic nitrogens is 2. The van der Waals surface area contributed by atoms with E-state index in [0.717, 1.165) is 76.5 Å². The maximum Gasteiger partial charge on any atom is 0.293 e. The molecule has 1 amide bonds. The van der Waals surface area contributed by atoms with Crippen molar-refractivity contribution in [1.82, 2.24) is 19.6 Å². The summed E-state index contributed by atoms with van der Waals surface area (Å²) in [6.45, 7) is 13.3. The Morgan fingerprint density at radius 2 is 1.75 bits per heavy atom. The number of fused-ring (bicyclic) bond motifs is 1. The second-order valence-corrected chi connectivity index (χ2v) is 21.8. The number of sulfonamides is 1. The number of hydrogen-bond acceptors (Lipinski definition) is 10. The highest BCUT2D eigenvalue weighted by molar-refractivity contribution is 7.90. The minimum atomic E-state index is -4.59. The van der Waals surface area contributed by atoms with Crippen LogP contribution in [0.15, 0.2) is 84.0 Å². The molecule has 4 fully saturated rings. The number of benzene rings is 3. The van der Waals surface area contributed by atoms with Crippen molar-refractivity contribution in [2.45, 2.75) is 108 Å². The van der Waals surface area contributed by atoms with Crippen molar-refractivity contribution in [3.8, 4) is 11.5 Å². The number of likely N-dealkylation sites (tertiary alicyclic amines) is 1. The second-order valence-electron chi connectivity index (χ2n) is 20.1. The summed E-state index contributed by atoms with van der Waals surface area (Å²) in [7, 11) is -4.59. The zero-order valence-electron chi connectivity index (χ0n) is 37.7. The Kier molecular flexibility index (Phi) is 12.2. The first kappa shape index (κ1) is 44.7. The summed E-state index contributed by atoms with van der Waals surface area (Å²) in [5, 5.41) is 15.6. The van der Waals surface area contributed by atoms with Gasteiger partial charge < -0.3 is 19.9 Å². The molecule has 2 aromatic heterocycles. The first-order valence-corrected chi connectivity index (χ1v) is 24.7. The number of hydrogen-bond donors (Lipinski definition) is 3. The SMILES string of the molecule is CC(C)c1ccccc1[C@H]1CCCC1N1CC2(CCN(c3ccc(C(=O)NS(=O)(=O)c4ccc(NCC5CCC(C)(C)CC5)c([N+](=O)[O-])c4)c(Oc4cnc5[nH]cc(F)c5c4)c3)CC2)C1. The van der Waals surface area contributed by atoms with Crippen LogP contribution in [0.5, 0.6) is 11.5 Å². The van der Waals surface area contributed by atoms with Crippen LogP contribution in [0.25, 0.3) is 11.0 Å². The molecule has 3 aromatic carbocycles. The van der Waals surface area contributed by atoms with Crippen molar-refractivity contribution < 1.29 is 27.3 Å². The monoisotopic (exact) mass is 905 g/mol. The molecule has 4 aliphatic rings. The highest BCUT2D eigenvalue weighted by Crippen LogP contribution is 2.49. The molecular weight excluding hydrogens is 846 g/mol. The van der Waals surface area contributed by atoms with Crippen LogP contribution in [0.2, 0.25) is 0 Å². The van der Waals surface area contributed by atoms with Gasteiger partial charge in [0.05, 0.1) is 27.0 Å². The number of nitrogens with one attached hydrogen (secondary N) is 3. The van der Waals surface area contributed by atoms with E-state index in [1.165, 1.54) is 67.0 Å². The standard InChI is InChI=1S/C50H60FN7O6S/c1-32(2)37-8-5-6-9-38(37)39-10-7-11-44(39)57-30-50(31-57)20-22-56(23-21-50)34-12-14-40(46(24-34)64-35-25-41-42(51)29-54-47(41)53-28-35)48(59)55-65(62,63)36-13-15-43(45(26-36)58(60)61)52-27-33-16-18-49(3,4)19-17-33/h5-6,8-9,12-15,24-26,28-29,32-33,39,44,52H,7,10-11,16-23,27,30-31H2,1-4H3,(H,53,54)(H,55,59)/t39-,44?/m1/s1. The summed E-state index contributed by atoms with van der Waals surface area (Å²) in [5.74, 6) is 0.0796. The number of nitro benzene ring substituents is 1. The lowest BCUT2D eigenvalue weighted by Crippen LogP contribution is -2.63. The third kappa shape index (κ3) is 9.31. The van der Waals surface area contributed by atoms with E-state index in [2.05, 4.69) is 81.8 Å². The molecule has 2 aliphatic carbocycles. The van der Waals surface area contributed by atoms with Gasteiger partial charge in [-0.05, 0) is 121 Å². The van der Waals surface area contributed by atoms with E-state index < -0.39 is 37.3 Å². The van der Waals surface area contributed by atoms with Crippen molar-refractivity contribution in [3.05, 3.63) is 112 Å². The average Bonchev–Trinajstić information content (AvgIpc) is 3.91. The van der Waals surface area contributed by atoms with E-state index >= 15 is 0 Å². The molecule has 1 spiro atoms. The molecule has 65 heavy (non-hydrogen) atoms. The molecule has 0 radical (unpaired) electrons. The van der Waals surface area contributed by atoms with E-state index in [9.17, 15) is 27.7 Å². The van der Waals surface area contributed by atoms with Gasteiger partial charge in [-0.3, -0.25) is 19.8 Å². The van der Waals surface area contributed by atoms with Gasteiger partial charge in [-0.1, -0.05) is 58.4 Å². The Morgan fingerprint density at radius 3 is 2.49 bits per heavy atom. The van der Waals surface area contributed by atoms with E-state index in [1.807, 2.05) is 0 Å². The zero-order valence-corrected chi connectivity index (χ0v) is 38.6. The zero-order chi connectivity index (χ0) is 45.7. The first-order valence-electron chi connectivity index (χ1n) is 23.2. The van der Waals surface area contributed by atoms with Crippen LogP contribution in [0.3, 0.4) is 0 Å². The van der Waals surface area contributed by atoms with Crippen molar-refractivity contribution in [1.29, 1.82) is 0 Å². The van der Waals surface area contributed by atoms with Gasteiger partial charge in [0.2, 0.25) is 0 Å². The smallest absolute Gasteiger partial charge is 0.293 e. The lowest BCUT2D eigenvalue weighted by atomic mass is 9.70. The number of nitro groups is 1. The van der Waals surface area contributed by atoms with Crippen molar-refractivity contribution >= 4 is 44.0 Å². The van der Waals surface area contributed by atoms with Crippen LogP contribution in [-0.2, 0) is 10.0 Å². The highest BCUT2D eigenvalue weighted by Gasteiger charge is 2.49. The molecule has 0 bridgehead atoms. The third-order valence-electron chi connectivity index (χ3n) is 14.9. The molecule has 2 aliphatic heterocycles. The number of piperidine rings is 1. The number of H-pyrrole nitrogens is 1. The Labute approximate surface area is 380 Å². The van der Waals surface area contributed by atoms with Gasteiger partial charge in [0.15, 0.2) is 0 Å². The predicted molar refractivity (Wildman–Crippen MR) is 251 cm³/mol. The summed E-state index contributed by atoms with van der Waals surface area (Å²) in [4.78, 5) is 37.1. The van der Waals surface area contributed by atoms with Gasteiger partial charge in [0.25, 0.3) is 21.6 Å². The van der Waals surface area contributed by atoms with Crippen LogP contribution < -0.4 is 19.7 Å². The number of aromatic amines is 1. The van der Waals surface area contributed by atoms with Crippen molar-refractivity contribution in [3.63, 3.8) is 0 Å². The fourth-order valence-electron chi connectivity index (χ4n) is 11.0. The summed E-state index contributed by atoms with van der Waals surface area (Å²) in [6.07, 6.45) is 12.5. The molecule has 4 heterocycles. The largest absolute Gasteiger partial charge is 0.455 e. The van der Waals surface area contributed by atoms with Gasteiger partial charge in [0.1, 0.15) is 28.7 Å². The van der Waals surface area contributed by atoms with Crippen LogP contribution >= 0.6 is 0 Å². The van der Waals surface area contributed by atoms with Crippen LogP contribution in [0.4, 0.5) is 21.5 Å². The number of ether oxygens (including phenoxy) is 1. The number of halogens is 1. The molecule has 1 unspecified atom stereocenters. The number of carbonyl (C=O) groups excluding carboxylic acids is 1. The van der Waals surface area contributed by atoms with Gasteiger partial charge in [-0.25, -0.2) is 22.5 Å². The number of nitrogens with zero attached hydrogens (tertiary/aromatic N) is 4. The highest BCUT2D eigenvalue weighted by atomic mass is 32.2. The van der Waals surface area contributed by atoms with Crippen molar-refractivity contribution in [2.75, 3.05) is 42.9 Å². The Hall–Kier alpha value is -5.54. The van der Waals surface area contributed by atoms with Gasteiger partial charge in [0, 0.05) is 62.8 Å². The molecule has 9 rings (SSSR count). The minimum absolute atomic E-state index is 0.0491. The normalized spacial score (nSPS) is 21.1. The molecule has 13 nitrogen and oxygen atoms in total. The fourth-order valence-corrected chi connectivity index (χ4v) is 12.0. The maximum absolute atomic E-state index is 14.6. The fraction of sp³-hybridized carbons (Fsp3) is 0.480. The predicted octanol–water partition coefficient (Wildman–Crippen LogP) is 10.5. The van der Waals surface area contributed by atoms with Crippen LogP contribution in [0.1, 0.15) is 119 Å². The topological polar surface area (TPSA) is 163 Å². The van der Waals surface area contributed by atoms with Gasteiger partial charge in [-0.15, -0.1) is 0 Å². The number of anilines is 2. The molecule has 2 atom stereocenters. The average molecular weight is 906 g/mol. The van der Waals surface area contributed by atoms with E-state index in [0.29, 0.717) is 36.0 Å². The summed E-state index contributed by atoms with van der Waals surface area (Å²) < 4.78 is 50.5. The number of amides is 1. The Balaban J connectivity index is 0.905. The molecule has 344 valence electrons. The molecule has 15 heteroatoms. The third-order valence-corrected chi connectivity index (χ3v) is 16.2. The van der Waals surface area contributed by atoms with Gasteiger partial charge >= 0.3 is 0 Å². The number of pyridine rings is 1. The lowest BCUT2D eigenvalue weighted by Gasteiger charge is -2.57. The van der Waals surface area contributed by atoms with Crippen LogP contribution in [0, 0.1) is 32.7 Å². The molecule has 2 saturated heterocycles. The molecule has 3 N–H and O–H groups in total. The summed E-state index contributed by atoms with van der Waals surface area (Å²) in [6, 6.07) is 19.6. The summed E-state index contributed by atoms with van der Waals surface area (Å²) >= 11 is 0. The number of carbonyl (C=O) groups is 1. The molecular formula is C50H60FN7O6S. The quantitative estimate of drug-likeness (QED) is 0.0766. The number of rotatable bonds is 13. The van der Waals surface area contributed by atoms with Crippen molar-refractivity contribution in [2.24, 2.45) is 16.7 Å². The summed E-state index contributed by atoms with van der Waals surface area (Å²) in [5.41, 5.74) is 4.34.